The molecule has 2 heterocycles. The van der Waals surface area contributed by atoms with Gasteiger partial charge in [-0.1, -0.05) is 274 Å². The number of esters is 2. The number of rotatable bonds is 39. The number of primary amides is 1. The summed E-state index contributed by atoms with van der Waals surface area (Å²) in [5, 5.41) is 23.3. The molecular weight excluding hydrogens is 1900 g/mol. The normalized spacial score (nSPS) is 14.6. The maximum Gasteiger partial charge on any atom is 0.513 e. The van der Waals surface area contributed by atoms with Crippen LogP contribution in [0, 0.1) is 29.6 Å². The fourth-order valence-electron chi connectivity index (χ4n) is 16.8. The molecule has 0 aromatic heterocycles. The van der Waals surface area contributed by atoms with Gasteiger partial charge in [0.2, 0.25) is 23.6 Å². The van der Waals surface area contributed by atoms with E-state index in [0.717, 1.165) is 64.4 Å². The number of nitrogens with one attached hydrogen (secondary N) is 1. The molecule has 0 spiro atoms. The summed E-state index contributed by atoms with van der Waals surface area (Å²) >= 11 is 3.41. The number of halogens is 1. The number of fused-ring (bicyclic) bond motifs is 5. The minimum absolute atomic E-state index is 0. The van der Waals surface area contributed by atoms with Gasteiger partial charge in [0.05, 0.1) is 43.6 Å². The first-order valence-corrected chi connectivity index (χ1v) is 50.8. The van der Waals surface area contributed by atoms with Gasteiger partial charge in [0.1, 0.15) is 37.2 Å². The van der Waals surface area contributed by atoms with E-state index in [2.05, 4.69) is 151 Å². The van der Waals surface area contributed by atoms with Crippen molar-refractivity contribution in [2.24, 2.45) is 41.1 Å². The van der Waals surface area contributed by atoms with Crippen molar-refractivity contribution in [2.75, 3.05) is 41.0 Å². The van der Waals surface area contributed by atoms with E-state index in [9.17, 15) is 53.1 Å². The number of likely N-dealkylation sites (N-methyl/N-ethyl adjacent to an activating group) is 1. The largest absolute Gasteiger partial charge is 0.513 e. The molecule has 1 saturated heterocycles. The molecule has 0 aliphatic carbocycles. The van der Waals surface area contributed by atoms with Crippen LogP contribution in [0.5, 0.6) is 11.5 Å². The summed E-state index contributed by atoms with van der Waals surface area (Å²) in [6, 6.07) is 68.2. The van der Waals surface area contributed by atoms with Gasteiger partial charge in [-0.05, 0) is 242 Å². The third-order valence-electron chi connectivity index (χ3n) is 25.5. The van der Waals surface area contributed by atoms with E-state index in [-0.39, 0.29) is 114 Å². The number of methoxy groups -OCH3 is 2. The van der Waals surface area contributed by atoms with Crippen molar-refractivity contribution in [1.82, 2.24) is 15.1 Å². The Morgan fingerprint density at radius 2 is 1.00 bits per heavy atom. The van der Waals surface area contributed by atoms with Crippen molar-refractivity contribution < 1.29 is 97.6 Å². The summed E-state index contributed by atoms with van der Waals surface area (Å²) in [5.74, 6) is -9.02. The molecule has 772 valence electrons. The first-order valence-electron chi connectivity index (χ1n) is 50.0. The van der Waals surface area contributed by atoms with Gasteiger partial charge in [-0.15, -0.1) is 0 Å². The molecule has 7 atom stereocenters. The number of likely N-dealkylation sites (tertiary alicyclic amines) is 1. The number of hydrogen-bond donors (Lipinski definition) is 5. The van der Waals surface area contributed by atoms with Gasteiger partial charge < -0.3 is 66.7 Å². The molecule has 4 bridgehead atoms. The molecule has 2 aliphatic rings. The maximum absolute atomic E-state index is 15.1. The molecule has 12 rings (SSSR count). The standard InChI is InChI=1S/C65H83N5O12.C18H20O2.C17H18O2.C10H13Br.C8H7BO2.2H2O/c1-8-9-13-43-17-20-45(21-18-43)46-22-24-47(25-23-46)54(71)27-16-40(4)56(73)37-49(14-10-11-30-66)64(79)69(7)60-48-26-29-59(82-65(80)81-38-39(2)3)51(36-48)50-34-44(19-28-55(50)72)35-52(68-62(77)41(5)32-58(60)75)57(74)33-42(6)63(78)70-31-12-15-53(70)61(67)76;1-3-4-5-14-6-8-15(9-7-14)16-10-12-17(13-11-16)18(19)20-2;1-2-3-4-13-5-7-14(8-6-13)15-9-11-16(12-10-15)17(18)19;1-2-3-4-9-5-7-10(11)8-6-9;1-11-8(10)6-2-4-7(9)5-3-6;;/h17-26,28-29,34,36,39-42,49,52-53,60,72H,8-16,27,30-33,35,37-38,66H2,1-7H3,(H2,67,76)(H,68,77);6-13H,3-5H2,1-2H3;5-12H,2-4H2,1H3,(H,18,19);5-8H,2-4H2,1H3;2-5H,1H3;2*1H2/t40-,41-,42-,49-,52+,53+,60+;;;;;;/m1....../s1. The summed E-state index contributed by atoms with van der Waals surface area (Å²) in [5.41, 5.74) is 27.0. The zero-order valence-electron chi connectivity index (χ0n) is 85.9. The minimum atomic E-state index is -1.39. The summed E-state index contributed by atoms with van der Waals surface area (Å²) < 4.78 is 21.5. The number of phenolic OH excluding ortho intramolecular Hbond substituents is 1. The average Bonchev–Trinajstić information content (AvgIpc) is 1.06. The second-order valence-electron chi connectivity index (χ2n) is 37.3. The number of ketones is 4. The predicted octanol–water partition coefficient (Wildman–Crippen LogP) is 20.7. The molecule has 10 aromatic carbocycles. The third kappa shape index (κ3) is 38.3. The van der Waals surface area contributed by atoms with Crippen molar-refractivity contribution in [3.05, 3.63) is 291 Å². The smallest absolute Gasteiger partial charge is 0.507 e. The number of carbonyl (C=O) groups excluding carboxylic acids is 11. The van der Waals surface area contributed by atoms with Crippen LogP contribution in [-0.2, 0) is 79.9 Å². The van der Waals surface area contributed by atoms with Crippen LogP contribution >= 0.6 is 15.9 Å². The molecule has 0 unspecified atom stereocenters. The van der Waals surface area contributed by atoms with Crippen LogP contribution in [0.4, 0.5) is 4.79 Å². The molecule has 145 heavy (non-hydrogen) atoms. The van der Waals surface area contributed by atoms with Gasteiger partial charge in [-0.3, -0.25) is 38.4 Å². The highest BCUT2D eigenvalue weighted by molar-refractivity contribution is 9.10. The van der Waals surface area contributed by atoms with Crippen LogP contribution in [0.25, 0.3) is 44.5 Å². The molecule has 4 amide bonds. The number of hydrogen-bond acceptors (Lipinski definition) is 18. The number of phenols is 1. The van der Waals surface area contributed by atoms with Crippen molar-refractivity contribution >= 4 is 100 Å². The van der Waals surface area contributed by atoms with Gasteiger partial charge in [0.15, 0.2) is 17.3 Å². The quantitative estimate of drug-likeness (QED) is 0.00596. The SMILES string of the molecule is CCCCc1ccc(-c2ccc(C(=O)CC[C@@H](C)C(=O)C[C@@H](CCCCN)C(=O)N(C)[C@@H]3C(=O)C[C@@H](C)C(=O)N[C@H](C(=O)C[C@@H](C)C(=O)N4CCC[C@H]4C(N)=O)Cc4ccc(O)c(c4)-c4cc3ccc4OC(=O)OCC(C)C)cc2)cc1.CCCCc1ccc(-c2ccc(C(=O)O)cc2)cc1.CCCCc1ccc(-c2ccc(C(=O)OC)cc2)cc1.CCCCc1ccc(Br)cc1.O.O.[B]c1ccc(C(=O)OC)cc1. The highest BCUT2D eigenvalue weighted by Gasteiger charge is 2.40. The number of carboxylic acid groups (broad SMARTS) is 1. The number of benzene rings is 10. The Morgan fingerprint density at radius 3 is 1.45 bits per heavy atom. The Hall–Kier alpha value is -13.3. The third-order valence-corrected chi connectivity index (χ3v) is 26.0. The number of Topliss-reactive ketones (excluding diaryl/α,β-unsaturated/α-hetero) is 4. The highest BCUT2D eigenvalue weighted by atomic mass is 79.9. The molecular formula is C118H145BBrN5O20. The Balaban J connectivity index is 0.000000401. The Labute approximate surface area is 864 Å². The zero-order valence-corrected chi connectivity index (χ0v) is 87.5. The van der Waals surface area contributed by atoms with Crippen molar-refractivity contribution in [3.63, 3.8) is 0 Å². The summed E-state index contributed by atoms with van der Waals surface area (Å²) in [4.78, 5) is 161. The van der Waals surface area contributed by atoms with E-state index < -0.39 is 95.5 Å². The summed E-state index contributed by atoms with van der Waals surface area (Å²) in [6.07, 6.45) is 14.8. The number of aryl methyl sites for hydroxylation is 4. The molecule has 0 saturated carbocycles. The van der Waals surface area contributed by atoms with Crippen LogP contribution < -0.4 is 27.0 Å². The van der Waals surface area contributed by atoms with Crippen molar-refractivity contribution in [3.8, 4) is 56.0 Å². The number of ether oxygens (including phenoxy) is 4. The lowest BCUT2D eigenvalue weighted by Gasteiger charge is -2.32. The fraction of sp³-hybridized carbons (Fsp3) is 0.390. The first-order chi connectivity index (χ1) is 68.6. The molecule has 27 heteroatoms. The van der Waals surface area contributed by atoms with E-state index in [1.165, 1.54) is 135 Å². The molecule has 25 nitrogen and oxygen atoms in total. The molecule has 11 N–H and O–H groups in total. The number of carbonyl (C=O) groups is 12. The molecule has 2 aliphatic heterocycles. The lowest BCUT2D eigenvalue weighted by atomic mass is 9.86. The van der Waals surface area contributed by atoms with Crippen LogP contribution in [0.3, 0.4) is 0 Å². The minimum Gasteiger partial charge on any atom is -0.507 e. The monoisotopic (exact) mass is 2040 g/mol. The summed E-state index contributed by atoms with van der Waals surface area (Å²) in [6.45, 7) is 18.0. The van der Waals surface area contributed by atoms with Crippen molar-refractivity contribution in [2.45, 2.75) is 228 Å². The number of carboxylic acids is 1. The van der Waals surface area contributed by atoms with Crippen LogP contribution in [-0.4, -0.2) is 163 Å². The van der Waals surface area contributed by atoms with Crippen LogP contribution in [0.1, 0.15) is 259 Å². The summed E-state index contributed by atoms with van der Waals surface area (Å²) in [7, 11) is 9.61. The number of aromatic hydroxyl groups is 1. The Bertz CT molecular complexity index is 5820. The van der Waals surface area contributed by atoms with Gasteiger partial charge in [0.25, 0.3) is 0 Å². The first kappa shape index (κ1) is 120. The lowest BCUT2D eigenvalue weighted by molar-refractivity contribution is -0.144. The van der Waals surface area contributed by atoms with E-state index in [1.807, 2.05) is 50.2 Å². The van der Waals surface area contributed by atoms with Crippen LogP contribution in [0.2, 0.25) is 0 Å². The van der Waals surface area contributed by atoms with E-state index in [4.69, 9.17) is 38.6 Å². The van der Waals surface area contributed by atoms with E-state index >= 15 is 9.59 Å². The maximum atomic E-state index is 15.1. The predicted molar refractivity (Wildman–Crippen MR) is 575 cm³/mol. The van der Waals surface area contributed by atoms with Crippen LogP contribution in [0.15, 0.2) is 235 Å². The second-order valence-corrected chi connectivity index (χ2v) is 38.2. The fourth-order valence-corrected chi connectivity index (χ4v) is 17.1. The zero-order chi connectivity index (χ0) is 104. The van der Waals surface area contributed by atoms with Gasteiger partial charge in [-0.2, -0.15) is 0 Å². The second kappa shape index (κ2) is 62.4. The lowest BCUT2D eigenvalue weighted by Crippen LogP contribution is -2.48. The number of amides is 4. The average molecular weight is 2040 g/mol. The van der Waals surface area contributed by atoms with Gasteiger partial charge >= 0.3 is 24.1 Å². The number of nitrogens with two attached hydrogens (primary N) is 2. The van der Waals surface area contributed by atoms with Gasteiger partial charge in [0, 0.05) is 84.1 Å². The van der Waals surface area contributed by atoms with E-state index in [1.54, 1.807) is 86.6 Å². The molecule has 1 fully saturated rings. The van der Waals surface area contributed by atoms with Crippen molar-refractivity contribution in [1.29, 1.82) is 0 Å². The topological polar surface area (TPSA) is 416 Å². The number of nitrogens with zero attached hydrogens (tertiary/aromatic N) is 2. The number of aromatic carboxylic acids is 1. The molecule has 10 aromatic rings. The van der Waals surface area contributed by atoms with E-state index in [0.29, 0.717) is 72.1 Å². The highest BCUT2D eigenvalue weighted by Crippen LogP contribution is 2.42. The Morgan fingerprint density at radius 1 is 0.545 bits per heavy atom. The van der Waals surface area contributed by atoms with Gasteiger partial charge in [-0.25, -0.2) is 19.2 Å². The number of unbranched alkanes of at least 4 members (excludes halogenated alkanes) is 5. The molecule has 2 radical (unpaired) electrons. The Kier molecular flexibility index (Phi) is 51.8.